The molecule has 0 atom stereocenters. The minimum absolute atomic E-state index is 0.474. The number of halogens is 1. The summed E-state index contributed by atoms with van der Waals surface area (Å²) in [6, 6.07) is 33.4. The molecule has 26 heavy (non-hydrogen) atoms. The van der Waals surface area contributed by atoms with Gasteiger partial charge in [0, 0.05) is 0 Å². The van der Waals surface area contributed by atoms with Gasteiger partial charge >= 0.3 is 173 Å². The Labute approximate surface area is 172 Å². The molecule has 0 unspecified atom stereocenters. The molecule has 0 nitrogen and oxygen atoms in total. The van der Waals surface area contributed by atoms with E-state index in [0.29, 0.717) is 4.32 Å². The van der Waals surface area contributed by atoms with Crippen LogP contribution in [0.4, 0.5) is 0 Å². The molecule has 3 aromatic rings. The monoisotopic (exact) mass is 460 g/mol. The van der Waals surface area contributed by atoms with Crippen LogP contribution in [0.5, 0.6) is 0 Å². The summed E-state index contributed by atoms with van der Waals surface area (Å²) in [4.78, 5) is 0. The van der Waals surface area contributed by atoms with E-state index in [2.05, 4.69) is 130 Å². The third-order valence-electron chi connectivity index (χ3n) is 4.99. The average molecular weight is 461 g/mol. The van der Waals surface area contributed by atoms with Crippen LogP contribution in [0.1, 0.15) is 6.42 Å². The van der Waals surface area contributed by atoms with E-state index in [0.717, 1.165) is 0 Å². The Balaban J connectivity index is 2.10. The van der Waals surface area contributed by atoms with Crippen molar-refractivity contribution in [3.05, 3.63) is 91.0 Å². The van der Waals surface area contributed by atoms with Crippen LogP contribution in [-0.4, -0.2) is 15.8 Å². The molecular weight excluding hydrogens is 439 g/mol. The van der Waals surface area contributed by atoms with Crippen molar-refractivity contribution in [1.29, 1.82) is 0 Å². The molecule has 4 rings (SSSR count). The first kappa shape index (κ1) is 18.6. The molecule has 0 bridgehead atoms. The van der Waals surface area contributed by atoms with Crippen LogP contribution in [0.3, 0.4) is 0 Å². The zero-order chi connectivity index (χ0) is 17.9. The van der Waals surface area contributed by atoms with Gasteiger partial charge in [-0.3, -0.25) is 0 Å². The maximum atomic E-state index is 4.57. The van der Waals surface area contributed by atoms with Crippen molar-refractivity contribution in [3.63, 3.8) is 0 Å². The first-order chi connectivity index (χ1) is 12.7. The van der Waals surface area contributed by atoms with Gasteiger partial charge in [0.1, 0.15) is 0 Å². The Hall–Kier alpha value is -0.730. The van der Waals surface area contributed by atoms with Gasteiger partial charge in [-0.1, -0.05) is 0 Å². The molecule has 0 aliphatic carbocycles. The van der Waals surface area contributed by atoms with Gasteiger partial charge in [-0.25, -0.2) is 0 Å². The van der Waals surface area contributed by atoms with E-state index in [4.69, 9.17) is 0 Å². The molecule has 4 heteroatoms. The van der Waals surface area contributed by atoms with Gasteiger partial charge in [0.15, 0.2) is 0 Å². The van der Waals surface area contributed by atoms with Crippen molar-refractivity contribution in [3.8, 4) is 0 Å². The normalized spacial score (nSPS) is 17.3. The Morgan fingerprint density at radius 1 is 0.615 bits per heavy atom. The molecule has 0 saturated carbocycles. The second-order valence-corrected chi connectivity index (χ2v) is 18.5. The second kappa shape index (κ2) is 7.72. The number of thioether (sulfide) groups is 2. The predicted molar refractivity (Wildman–Crippen MR) is 127 cm³/mol. The molecule has 3 aromatic carbocycles. The SMILES string of the molecule is BrP(c1ccccc1)(c1ccccc1)(c1ccccc1)C1SCCCS1. The topological polar surface area (TPSA) is 0 Å². The summed E-state index contributed by atoms with van der Waals surface area (Å²) >= 11 is 8.82. The summed E-state index contributed by atoms with van der Waals surface area (Å²) in [7, 11) is 0. The Morgan fingerprint density at radius 3 is 1.31 bits per heavy atom. The van der Waals surface area contributed by atoms with Crippen LogP contribution in [0.25, 0.3) is 0 Å². The molecule has 0 spiro atoms. The average Bonchev–Trinajstić information content (AvgIpc) is 2.76. The molecule has 0 aromatic heterocycles. The van der Waals surface area contributed by atoms with E-state index in [1.165, 1.54) is 33.8 Å². The summed E-state index contributed by atoms with van der Waals surface area (Å²) < 4.78 is 0.474. The Bertz CT molecular complexity index is 750. The zero-order valence-corrected chi connectivity index (χ0v) is 18.6. The van der Waals surface area contributed by atoms with Gasteiger partial charge in [0.2, 0.25) is 0 Å². The number of rotatable bonds is 4. The van der Waals surface area contributed by atoms with Crippen molar-refractivity contribution in [1.82, 2.24) is 0 Å². The first-order valence-corrected chi connectivity index (χ1v) is 15.3. The summed E-state index contributed by atoms with van der Waals surface area (Å²) in [6.07, 6.45) is 1.30. The van der Waals surface area contributed by atoms with Crippen molar-refractivity contribution >= 4 is 60.2 Å². The molecule has 1 fully saturated rings. The fourth-order valence-electron chi connectivity index (χ4n) is 3.73. The maximum absolute atomic E-state index is 4.57. The van der Waals surface area contributed by atoms with Gasteiger partial charge in [-0.05, 0) is 0 Å². The summed E-state index contributed by atoms with van der Waals surface area (Å²) in [5.41, 5.74) is 0. The van der Waals surface area contributed by atoms with Crippen LogP contribution in [0.2, 0.25) is 0 Å². The van der Waals surface area contributed by atoms with Gasteiger partial charge in [0.25, 0.3) is 0 Å². The predicted octanol–water partition coefficient (Wildman–Crippen LogP) is 5.98. The van der Waals surface area contributed by atoms with Crippen LogP contribution < -0.4 is 15.9 Å². The Morgan fingerprint density at radius 2 is 0.962 bits per heavy atom. The van der Waals surface area contributed by atoms with Gasteiger partial charge in [0.05, 0.1) is 0 Å². The summed E-state index contributed by atoms with van der Waals surface area (Å²) in [5.74, 6) is 2.46. The van der Waals surface area contributed by atoms with Crippen LogP contribution in [0, 0.1) is 0 Å². The summed E-state index contributed by atoms with van der Waals surface area (Å²) in [5, 5.41) is 1.46. The van der Waals surface area contributed by atoms with Crippen LogP contribution in [0.15, 0.2) is 91.0 Å². The standard InChI is InChI=1S/C22H22BrPS2/c23-24(19-11-4-1-5-12-19,20-13-6-2-7-14-20,21-15-8-3-9-16-21)22-25-17-10-18-26-22/h1-9,11-16,22H,10,17-18H2. The molecule has 1 heterocycles. The molecule has 0 N–H and O–H groups in total. The second-order valence-electron chi connectivity index (χ2n) is 6.48. The van der Waals surface area contributed by atoms with Crippen molar-refractivity contribution in [2.45, 2.75) is 10.7 Å². The van der Waals surface area contributed by atoms with Crippen molar-refractivity contribution < 1.29 is 0 Å². The first-order valence-electron chi connectivity index (χ1n) is 8.88. The minimum atomic E-state index is -2.80. The van der Waals surface area contributed by atoms with E-state index < -0.39 is 5.31 Å². The molecule has 1 aliphatic heterocycles. The Kier molecular flexibility index (Phi) is 5.53. The molecule has 0 radical (unpaired) electrons. The summed E-state index contributed by atoms with van der Waals surface area (Å²) in [6.45, 7) is 0. The van der Waals surface area contributed by atoms with E-state index in [9.17, 15) is 0 Å². The molecule has 134 valence electrons. The van der Waals surface area contributed by atoms with Gasteiger partial charge in [-0.2, -0.15) is 0 Å². The van der Waals surface area contributed by atoms with Crippen molar-refractivity contribution in [2.24, 2.45) is 0 Å². The molecular formula is C22H22BrPS2. The van der Waals surface area contributed by atoms with Crippen LogP contribution in [-0.2, 0) is 0 Å². The van der Waals surface area contributed by atoms with E-state index in [-0.39, 0.29) is 0 Å². The quantitative estimate of drug-likeness (QED) is 0.439. The number of benzene rings is 3. The van der Waals surface area contributed by atoms with Gasteiger partial charge in [-0.15, -0.1) is 0 Å². The van der Waals surface area contributed by atoms with Gasteiger partial charge < -0.3 is 0 Å². The van der Waals surface area contributed by atoms with E-state index in [1.807, 2.05) is 0 Å². The van der Waals surface area contributed by atoms with Crippen LogP contribution >= 0.6 is 44.3 Å². The molecule has 1 saturated heterocycles. The fraction of sp³-hybridized carbons (Fsp3) is 0.182. The number of hydrogen-bond acceptors (Lipinski definition) is 2. The molecule has 0 amide bonds. The zero-order valence-electron chi connectivity index (χ0n) is 14.5. The van der Waals surface area contributed by atoms with E-state index in [1.54, 1.807) is 0 Å². The third-order valence-corrected chi connectivity index (χ3v) is 22.1. The fourth-order valence-corrected chi connectivity index (χ4v) is 19.1. The molecule has 1 aliphatic rings. The number of hydrogen-bond donors (Lipinski definition) is 0. The van der Waals surface area contributed by atoms with E-state index >= 15 is 0 Å². The third kappa shape index (κ3) is 2.88. The van der Waals surface area contributed by atoms with Crippen molar-refractivity contribution in [2.75, 3.05) is 11.5 Å².